The first-order chi connectivity index (χ1) is 9.88. The van der Waals surface area contributed by atoms with Crippen LogP contribution < -0.4 is 11.1 Å². The highest BCUT2D eigenvalue weighted by Gasteiger charge is 2.19. The molecule has 0 aliphatic heterocycles. The van der Waals surface area contributed by atoms with E-state index in [4.69, 9.17) is 5.73 Å². The van der Waals surface area contributed by atoms with E-state index in [9.17, 15) is 23.7 Å². The van der Waals surface area contributed by atoms with Crippen molar-refractivity contribution in [1.29, 1.82) is 0 Å². The molecule has 0 saturated heterocycles. The van der Waals surface area contributed by atoms with Gasteiger partial charge in [0.1, 0.15) is 17.3 Å². The number of hydrogen-bond acceptors (Lipinski definition) is 4. The Morgan fingerprint density at radius 3 is 2.52 bits per heavy atom. The Labute approximate surface area is 117 Å². The molecule has 108 valence electrons. The molecule has 0 aromatic heterocycles. The molecule has 0 radical (unpaired) electrons. The maximum atomic E-state index is 13.6. The molecule has 1 amide bonds. The highest BCUT2D eigenvalue weighted by molar-refractivity contribution is 6.05. The Balaban J connectivity index is 2.35. The molecule has 21 heavy (non-hydrogen) atoms. The van der Waals surface area contributed by atoms with Gasteiger partial charge in [-0.2, -0.15) is 0 Å². The Bertz CT molecular complexity index is 735. The number of nitrogen functional groups attached to an aromatic ring is 1. The van der Waals surface area contributed by atoms with E-state index in [2.05, 4.69) is 5.32 Å². The molecular formula is C13H9F2N3O3. The van der Waals surface area contributed by atoms with Crippen molar-refractivity contribution in [3.63, 3.8) is 0 Å². The molecule has 6 nitrogen and oxygen atoms in total. The largest absolute Gasteiger partial charge is 0.399 e. The number of halogens is 2. The third kappa shape index (κ3) is 3.11. The van der Waals surface area contributed by atoms with E-state index in [1.165, 1.54) is 6.07 Å². The number of amides is 1. The van der Waals surface area contributed by atoms with Gasteiger partial charge in [-0.1, -0.05) is 0 Å². The Morgan fingerprint density at radius 2 is 1.90 bits per heavy atom. The van der Waals surface area contributed by atoms with Gasteiger partial charge in [0.25, 0.3) is 11.6 Å². The summed E-state index contributed by atoms with van der Waals surface area (Å²) < 4.78 is 26.7. The van der Waals surface area contributed by atoms with Crippen molar-refractivity contribution in [2.45, 2.75) is 0 Å². The number of nitrogens with two attached hydrogens (primary N) is 1. The molecule has 0 atom stereocenters. The van der Waals surface area contributed by atoms with Crippen LogP contribution in [-0.2, 0) is 0 Å². The normalized spacial score (nSPS) is 10.2. The summed E-state index contributed by atoms with van der Waals surface area (Å²) >= 11 is 0. The molecule has 0 fully saturated rings. The van der Waals surface area contributed by atoms with Crippen LogP contribution in [0.15, 0.2) is 36.4 Å². The summed E-state index contributed by atoms with van der Waals surface area (Å²) in [6, 6.07) is 5.95. The second-order valence-electron chi connectivity index (χ2n) is 4.11. The smallest absolute Gasteiger partial charge is 0.292 e. The average molecular weight is 293 g/mol. The Hall–Kier alpha value is -3.03. The van der Waals surface area contributed by atoms with E-state index >= 15 is 0 Å². The number of carbonyl (C=O) groups excluding carboxylic acids is 1. The van der Waals surface area contributed by atoms with Crippen LogP contribution in [0.1, 0.15) is 10.4 Å². The number of hydrogen-bond donors (Lipinski definition) is 2. The molecule has 2 aromatic rings. The molecule has 8 heteroatoms. The fourth-order valence-corrected chi connectivity index (χ4v) is 1.67. The molecule has 3 N–H and O–H groups in total. The van der Waals surface area contributed by atoms with Crippen LogP contribution in [0.2, 0.25) is 0 Å². The predicted octanol–water partition coefficient (Wildman–Crippen LogP) is 2.71. The first-order valence-electron chi connectivity index (χ1n) is 5.69. The van der Waals surface area contributed by atoms with Gasteiger partial charge in [0.05, 0.1) is 10.5 Å². The number of nitro groups is 1. The third-order valence-electron chi connectivity index (χ3n) is 2.64. The average Bonchev–Trinajstić information content (AvgIpc) is 2.37. The lowest BCUT2D eigenvalue weighted by Crippen LogP contribution is -2.15. The van der Waals surface area contributed by atoms with Crippen LogP contribution >= 0.6 is 0 Å². The SMILES string of the molecule is Nc1ccc(C(=O)Nc2cc(F)ccc2[N+](=O)[O-])c(F)c1. The number of carbonyl (C=O) groups is 1. The van der Waals surface area contributed by atoms with Crippen LogP contribution in [0, 0.1) is 21.7 Å². The van der Waals surface area contributed by atoms with Gasteiger partial charge in [-0.25, -0.2) is 8.78 Å². The van der Waals surface area contributed by atoms with Gasteiger partial charge in [0.15, 0.2) is 0 Å². The molecule has 0 spiro atoms. The lowest BCUT2D eigenvalue weighted by atomic mass is 10.1. The van der Waals surface area contributed by atoms with Crippen molar-refractivity contribution in [3.8, 4) is 0 Å². The predicted molar refractivity (Wildman–Crippen MR) is 71.8 cm³/mol. The van der Waals surface area contributed by atoms with Gasteiger partial charge >= 0.3 is 0 Å². The zero-order chi connectivity index (χ0) is 15.6. The molecule has 2 aromatic carbocycles. The molecule has 0 unspecified atom stereocenters. The van der Waals surface area contributed by atoms with Crippen molar-refractivity contribution >= 4 is 23.0 Å². The summed E-state index contributed by atoms with van der Waals surface area (Å²) in [6.45, 7) is 0. The van der Waals surface area contributed by atoms with E-state index in [0.717, 1.165) is 30.3 Å². The minimum absolute atomic E-state index is 0.126. The summed E-state index contributed by atoms with van der Waals surface area (Å²) in [5.74, 6) is -2.60. The van der Waals surface area contributed by atoms with Gasteiger partial charge in [-0.3, -0.25) is 14.9 Å². The third-order valence-corrected chi connectivity index (χ3v) is 2.64. The first-order valence-corrected chi connectivity index (χ1v) is 5.69. The number of anilines is 2. The monoisotopic (exact) mass is 293 g/mol. The van der Waals surface area contributed by atoms with Gasteiger partial charge < -0.3 is 11.1 Å². The molecule has 0 saturated carbocycles. The number of nitro benzene ring substituents is 1. The lowest BCUT2D eigenvalue weighted by molar-refractivity contribution is -0.384. The van der Waals surface area contributed by atoms with Crippen LogP contribution in [0.3, 0.4) is 0 Å². The van der Waals surface area contributed by atoms with Crippen LogP contribution in [0.4, 0.5) is 25.8 Å². The van der Waals surface area contributed by atoms with Crippen molar-refractivity contribution in [3.05, 3.63) is 63.7 Å². The topological polar surface area (TPSA) is 98.3 Å². The van der Waals surface area contributed by atoms with Crippen LogP contribution in [0.25, 0.3) is 0 Å². The molecule has 0 aliphatic carbocycles. The minimum Gasteiger partial charge on any atom is -0.399 e. The zero-order valence-electron chi connectivity index (χ0n) is 10.5. The van der Waals surface area contributed by atoms with Gasteiger partial charge in [0, 0.05) is 17.8 Å². The molecule has 2 rings (SSSR count). The standard InChI is InChI=1S/C13H9F2N3O3/c14-7-1-4-12(18(20)21)11(5-7)17-13(19)9-3-2-8(16)6-10(9)15/h1-6H,16H2,(H,17,19). The number of rotatable bonds is 3. The van der Waals surface area contributed by atoms with Crippen molar-refractivity contribution in [2.24, 2.45) is 0 Å². The summed E-state index contributed by atoms with van der Waals surface area (Å²) in [5.41, 5.74) is 4.26. The Kier molecular flexibility index (Phi) is 3.79. The molecule has 0 bridgehead atoms. The number of nitrogens with zero attached hydrogens (tertiary/aromatic N) is 1. The lowest BCUT2D eigenvalue weighted by Gasteiger charge is -2.07. The molecule has 0 heterocycles. The Morgan fingerprint density at radius 1 is 1.19 bits per heavy atom. The minimum atomic E-state index is -0.943. The first kappa shape index (κ1) is 14.4. The van der Waals surface area contributed by atoms with E-state index in [0.29, 0.717) is 0 Å². The molecular weight excluding hydrogens is 284 g/mol. The summed E-state index contributed by atoms with van der Waals surface area (Å²) in [6.07, 6.45) is 0. The van der Waals surface area contributed by atoms with Gasteiger partial charge in [0.2, 0.25) is 0 Å². The van der Waals surface area contributed by atoms with Gasteiger partial charge in [-0.15, -0.1) is 0 Å². The number of nitrogens with one attached hydrogen (secondary N) is 1. The fourth-order valence-electron chi connectivity index (χ4n) is 1.67. The second kappa shape index (κ2) is 5.53. The van der Waals surface area contributed by atoms with E-state index < -0.39 is 28.2 Å². The second-order valence-corrected chi connectivity index (χ2v) is 4.11. The summed E-state index contributed by atoms with van der Waals surface area (Å²) in [4.78, 5) is 21.9. The summed E-state index contributed by atoms with van der Waals surface area (Å²) in [5, 5.41) is 12.9. The maximum absolute atomic E-state index is 13.6. The van der Waals surface area contributed by atoms with E-state index in [-0.39, 0.29) is 16.9 Å². The van der Waals surface area contributed by atoms with Gasteiger partial charge in [-0.05, 0) is 24.3 Å². The van der Waals surface area contributed by atoms with Crippen molar-refractivity contribution < 1.29 is 18.5 Å². The van der Waals surface area contributed by atoms with Crippen molar-refractivity contribution in [1.82, 2.24) is 0 Å². The maximum Gasteiger partial charge on any atom is 0.292 e. The molecule has 0 aliphatic rings. The van der Waals surface area contributed by atoms with E-state index in [1.807, 2.05) is 0 Å². The van der Waals surface area contributed by atoms with Crippen LogP contribution in [-0.4, -0.2) is 10.8 Å². The highest BCUT2D eigenvalue weighted by Crippen LogP contribution is 2.26. The van der Waals surface area contributed by atoms with E-state index in [1.54, 1.807) is 0 Å². The quantitative estimate of drug-likeness (QED) is 0.516. The van der Waals surface area contributed by atoms with Crippen LogP contribution in [0.5, 0.6) is 0 Å². The highest BCUT2D eigenvalue weighted by atomic mass is 19.1. The van der Waals surface area contributed by atoms with Crippen molar-refractivity contribution in [2.75, 3.05) is 11.1 Å². The zero-order valence-corrected chi connectivity index (χ0v) is 10.5. The fraction of sp³-hybridized carbons (Fsp3) is 0. The number of benzene rings is 2. The summed E-state index contributed by atoms with van der Waals surface area (Å²) in [7, 11) is 0.